The molecule has 38 heavy (non-hydrogen) atoms. The highest BCUT2D eigenvalue weighted by molar-refractivity contribution is 6.05. The van der Waals surface area contributed by atoms with Crippen LogP contribution in [0.15, 0.2) is 103 Å². The van der Waals surface area contributed by atoms with Gasteiger partial charge in [0.05, 0.1) is 25.7 Å². The van der Waals surface area contributed by atoms with Crippen LogP contribution in [-0.2, 0) is 45.7 Å². The van der Waals surface area contributed by atoms with Crippen molar-refractivity contribution in [1.82, 2.24) is 0 Å². The highest BCUT2D eigenvalue weighted by Crippen LogP contribution is 2.62. The van der Waals surface area contributed by atoms with Crippen LogP contribution in [-0.4, -0.2) is 43.5 Å². The van der Waals surface area contributed by atoms with E-state index in [1.165, 1.54) is 14.2 Å². The van der Waals surface area contributed by atoms with Crippen LogP contribution in [0.2, 0.25) is 0 Å². The van der Waals surface area contributed by atoms with Gasteiger partial charge < -0.3 is 18.9 Å². The van der Waals surface area contributed by atoms with Gasteiger partial charge in [-0.2, -0.15) is 0 Å². The predicted molar refractivity (Wildman–Crippen MR) is 137 cm³/mol. The van der Waals surface area contributed by atoms with Crippen LogP contribution < -0.4 is 0 Å². The lowest BCUT2D eigenvalue weighted by Crippen LogP contribution is -2.70. The Labute approximate surface area is 220 Å². The van der Waals surface area contributed by atoms with Crippen LogP contribution >= 0.6 is 0 Å². The van der Waals surface area contributed by atoms with Crippen molar-refractivity contribution in [3.63, 3.8) is 0 Å². The summed E-state index contributed by atoms with van der Waals surface area (Å²) >= 11 is 0. The third-order valence-corrected chi connectivity index (χ3v) is 7.70. The number of fused-ring (bicyclic) bond motifs is 1. The minimum absolute atomic E-state index is 0.190. The molecule has 7 heteroatoms. The summed E-state index contributed by atoms with van der Waals surface area (Å²) < 4.78 is 31.0. The minimum atomic E-state index is -1.80. The second-order valence-electron chi connectivity index (χ2n) is 9.74. The van der Waals surface area contributed by atoms with Crippen molar-refractivity contribution >= 4 is 11.8 Å². The Balaban J connectivity index is 1.50. The standard InChI is InChI=1S/C31H28O7/c1-34-28(33)24-18-29-19-25(36-20-21-12-6-3-7-13-21)26(24)27(32)31(29,35-2)38-30(37-29,22-14-8-4-9-15-22)23-16-10-5-11-17-23/h3-18,25-26H,19-20H2,1-2H3/t25-,26-,29-,31+/m1/s1. The fourth-order valence-electron chi connectivity index (χ4n) is 5.99. The van der Waals surface area contributed by atoms with Crippen molar-refractivity contribution in [2.75, 3.05) is 14.2 Å². The predicted octanol–water partition coefficient (Wildman–Crippen LogP) is 4.30. The van der Waals surface area contributed by atoms with Gasteiger partial charge in [0.15, 0.2) is 5.60 Å². The van der Waals surface area contributed by atoms with Gasteiger partial charge in [-0.15, -0.1) is 0 Å². The first-order chi connectivity index (χ1) is 18.5. The number of hydrogen-bond donors (Lipinski definition) is 0. The zero-order valence-corrected chi connectivity index (χ0v) is 21.2. The molecule has 0 amide bonds. The zero-order chi connectivity index (χ0) is 26.4. The molecule has 7 nitrogen and oxygen atoms in total. The fraction of sp³-hybridized carbons (Fsp3) is 0.290. The molecule has 1 heterocycles. The molecule has 7 rings (SSSR count). The lowest BCUT2D eigenvalue weighted by atomic mass is 9.62. The van der Waals surface area contributed by atoms with E-state index in [4.69, 9.17) is 23.7 Å². The van der Waals surface area contributed by atoms with Gasteiger partial charge in [0.2, 0.25) is 11.6 Å². The largest absolute Gasteiger partial charge is 0.466 e. The van der Waals surface area contributed by atoms with E-state index >= 15 is 0 Å². The van der Waals surface area contributed by atoms with Crippen LogP contribution in [0.5, 0.6) is 0 Å². The van der Waals surface area contributed by atoms with Crippen molar-refractivity contribution in [1.29, 1.82) is 0 Å². The summed E-state index contributed by atoms with van der Waals surface area (Å²) in [5.74, 6) is -5.26. The van der Waals surface area contributed by atoms with Gasteiger partial charge in [0.1, 0.15) is 0 Å². The molecule has 0 aromatic heterocycles. The van der Waals surface area contributed by atoms with E-state index in [-0.39, 0.29) is 18.6 Å². The van der Waals surface area contributed by atoms with Crippen LogP contribution in [0.25, 0.3) is 0 Å². The van der Waals surface area contributed by atoms with Crippen LogP contribution in [0.4, 0.5) is 0 Å². The van der Waals surface area contributed by atoms with E-state index in [0.29, 0.717) is 11.1 Å². The molecule has 1 saturated heterocycles. The normalized spacial score (nSPS) is 29.0. The average Bonchev–Trinajstić information content (AvgIpc) is 3.30. The molecule has 3 aromatic rings. The first-order valence-electron chi connectivity index (χ1n) is 12.6. The number of methoxy groups -OCH3 is 2. The molecular weight excluding hydrogens is 484 g/mol. The summed E-state index contributed by atoms with van der Waals surface area (Å²) in [5.41, 5.74) is 1.07. The summed E-state index contributed by atoms with van der Waals surface area (Å²) in [6.07, 6.45) is 1.24. The number of ketones is 1. The number of carbonyl (C=O) groups excluding carboxylic acids is 2. The maximum atomic E-state index is 14.4. The number of Topliss-reactive ketones (excluding diaryl/α,β-unsaturated/α-hetero) is 1. The molecule has 4 atom stereocenters. The van der Waals surface area contributed by atoms with E-state index in [0.717, 1.165) is 5.56 Å². The SMILES string of the molecule is COC(=O)C1=C[C@@]23C[C@@H](OCc4ccccc4)[C@@H]1C(=O)[C@]2(OC)OC(c1ccccc1)(c1ccccc1)O3. The van der Waals surface area contributed by atoms with Crippen molar-refractivity contribution in [2.45, 2.75) is 36.3 Å². The Morgan fingerprint density at radius 1 is 0.868 bits per heavy atom. The number of esters is 1. The molecule has 1 aliphatic heterocycles. The molecule has 0 unspecified atom stereocenters. The summed E-state index contributed by atoms with van der Waals surface area (Å²) in [6, 6.07) is 28.5. The topological polar surface area (TPSA) is 80.3 Å². The lowest BCUT2D eigenvalue weighted by molar-refractivity contribution is -0.255. The van der Waals surface area contributed by atoms with Crippen LogP contribution in [0.1, 0.15) is 23.1 Å². The van der Waals surface area contributed by atoms with Crippen LogP contribution in [0.3, 0.4) is 0 Å². The molecule has 4 aliphatic rings. The quantitative estimate of drug-likeness (QED) is 0.437. The third kappa shape index (κ3) is 3.50. The summed E-state index contributed by atoms with van der Waals surface area (Å²) in [5, 5.41) is 0. The highest BCUT2D eigenvalue weighted by Gasteiger charge is 2.78. The van der Waals surface area contributed by atoms with Crippen molar-refractivity contribution < 1.29 is 33.3 Å². The van der Waals surface area contributed by atoms with Crippen molar-refractivity contribution in [3.05, 3.63) is 119 Å². The van der Waals surface area contributed by atoms with Gasteiger partial charge in [0, 0.05) is 30.2 Å². The van der Waals surface area contributed by atoms with E-state index in [2.05, 4.69) is 0 Å². The van der Waals surface area contributed by atoms with Gasteiger partial charge in [-0.3, -0.25) is 9.53 Å². The number of carbonyl (C=O) groups is 2. The maximum absolute atomic E-state index is 14.4. The lowest BCUT2D eigenvalue weighted by Gasteiger charge is -2.51. The summed E-state index contributed by atoms with van der Waals surface area (Å²) in [7, 11) is 2.72. The maximum Gasteiger partial charge on any atom is 0.334 e. The van der Waals surface area contributed by atoms with E-state index < -0.39 is 40.9 Å². The molecule has 194 valence electrons. The van der Waals surface area contributed by atoms with Gasteiger partial charge in [-0.1, -0.05) is 91.0 Å². The van der Waals surface area contributed by atoms with Gasteiger partial charge in [-0.05, 0) is 11.6 Å². The molecule has 0 radical (unpaired) electrons. The van der Waals surface area contributed by atoms with E-state index in [1.54, 1.807) is 6.08 Å². The first-order valence-corrected chi connectivity index (χ1v) is 12.6. The third-order valence-electron chi connectivity index (χ3n) is 7.70. The van der Waals surface area contributed by atoms with E-state index in [9.17, 15) is 9.59 Å². The molecule has 1 spiro atoms. The number of benzene rings is 3. The van der Waals surface area contributed by atoms with E-state index in [1.807, 2.05) is 91.0 Å². The molecular formula is C31H28O7. The fourth-order valence-corrected chi connectivity index (χ4v) is 5.99. The minimum Gasteiger partial charge on any atom is -0.466 e. The van der Waals surface area contributed by atoms with Crippen molar-refractivity contribution in [2.24, 2.45) is 5.92 Å². The zero-order valence-electron chi connectivity index (χ0n) is 21.2. The monoisotopic (exact) mass is 512 g/mol. The second-order valence-corrected chi connectivity index (χ2v) is 9.74. The molecule has 0 N–H and O–H groups in total. The average molecular weight is 513 g/mol. The Hall–Kier alpha value is -3.62. The number of hydrogen-bond acceptors (Lipinski definition) is 7. The smallest absolute Gasteiger partial charge is 0.334 e. The molecule has 3 aromatic carbocycles. The molecule has 1 saturated carbocycles. The molecule has 2 fully saturated rings. The van der Waals surface area contributed by atoms with Gasteiger partial charge >= 0.3 is 5.97 Å². The summed E-state index contributed by atoms with van der Waals surface area (Å²) in [4.78, 5) is 27.3. The molecule has 2 bridgehead atoms. The Morgan fingerprint density at radius 2 is 1.45 bits per heavy atom. The Kier molecular flexibility index (Phi) is 6.04. The highest BCUT2D eigenvalue weighted by atomic mass is 16.8. The van der Waals surface area contributed by atoms with Gasteiger partial charge in [0.25, 0.3) is 5.79 Å². The van der Waals surface area contributed by atoms with Gasteiger partial charge in [-0.25, -0.2) is 4.79 Å². The van der Waals surface area contributed by atoms with Crippen molar-refractivity contribution in [3.8, 4) is 0 Å². The Bertz CT molecular complexity index is 1330. The first kappa shape index (κ1) is 24.7. The molecule has 3 aliphatic carbocycles. The summed E-state index contributed by atoms with van der Waals surface area (Å²) in [6.45, 7) is 0.267. The second kappa shape index (κ2) is 9.29. The van der Waals surface area contributed by atoms with Crippen LogP contribution in [0, 0.1) is 5.92 Å². The Morgan fingerprint density at radius 3 is 2.00 bits per heavy atom. The number of ether oxygens (including phenoxy) is 5. The number of rotatable bonds is 7.